The van der Waals surface area contributed by atoms with Crippen LogP contribution in [0.3, 0.4) is 0 Å². The first-order chi connectivity index (χ1) is 32.1. The summed E-state index contributed by atoms with van der Waals surface area (Å²) in [6, 6.07) is 0.430. The Labute approximate surface area is 412 Å². The van der Waals surface area contributed by atoms with E-state index >= 15 is 0 Å². The van der Waals surface area contributed by atoms with E-state index in [2.05, 4.69) is 70.3 Å². The van der Waals surface area contributed by atoms with Crippen molar-refractivity contribution < 1.29 is 23.9 Å². The topological polar surface area (TPSA) is 79.4 Å². The third-order valence-electron chi connectivity index (χ3n) is 14.0. The number of ether oxygens (including phenoxy) is 2. The van der Waals surface area contributed by atoms with Crippen molar-refractivity contribution in [1.82, 2.24) is 14.7 Å². The van der Waals surface area contributed by atoms with E-state index in [1.54, 1.807) is 0 Å². The van der Waals surface area contributed by atoms with Gasteiger partial charge < -0.3 is 24.2 Å². The fourth-order valence-electron chi connectivity index (χ4n) is 9.53. The number of rotatable bonds is 51. The van der Waals surface area contributed by atoms with Crippen LogP contribution in [0.4, 0.5) is 0 Å². The molecule has 0 aromatic heterocycles. The summed E-state index contributed by atoms with van der Waals surface area (Å²) in [4.78, 5) is 46.7. The molecule has 0 aromatic carbocycles. The van der Waals surface area contributed by atoms with Gasteiger partial charge in [-0.1, -0.05) is 183 Å². The third kappa shape index (κ3) is 40.2. The van der Waals surface area contributed by atoms with Crippen LogP contribution in [-0.4, -0.2) is 98.6 Å². The first-order valence-corrected chi connectivity index (χ1v) is 29.1. The molecule has 0 heterocycles. The summed E-state index contributed by atoms with van der Waals surface area (Å²) in [5.74, 6) is 1.29. The van der Waals surface area contributed by atoms with E-state index in [9.17, 15) is 14.4 Å². The van der Waals surface area contributed by atoms with Crippen LogP contribution < -0.4 is 0 Å². The molecule has 0 radical (unpaired) electrons. The standard InChI is InChI=1S/C58H115N3O5/c1-9-15-21-27-39-53(37-19-13-5)51-65-57(63)44-31-25-29-41-55(42-30-26-32-45-58(64)66-52-54(38-20-14-6)40-28-22-16-10-2)60(50-36-46-59(7)8)49-35-43-56(62)61(47-33-23-17-11-3)48-34-24-18-12-4/h53-55H,9-52H2,1-8H3. The zero-order chi connectivity index (χ0) is 48.7. The van der Waals surface area contributed by atoms with Crippen LogP contribution in [0, 0.1) is 11.8 Å². The molecule has 0 aromatic rings. The highest BCUT2D eigenvalue weighted by molar-refractivity contribution is 5.76. The minimum absolute atomic E-state index is 0.0247. The molecular weight excluding hydrogens is 819 g/mol. The maximum Gasteiger partial charge on any atom is 0.305 e. The summed E-state index contributed by atoms with van der Waals surface area (Å²) >= 11 is 0. The van der Waals surface area contributed by atoms with Crippen molar-refractivity contribution in [3.8, 4) is 0 Å². The molecule has 2 unspecified atom stereocenters. The van der Waals surface area contributed by atoms with Crippen molar-refractivity contribution in [3.63, 3.8) is 0 Å². The Morgan fingerprint density at radius 1 is 0.364 bits per heavy atom. The van der Waals surface area contributed by atoms with Crippen LogP contribution in [0.1, 0.15) is 279 Å². The molecule has 2 atom stereocenters. The van der Waals surface area contributed by atoms with Crippen LogP contribution in [-0.2, 0) is 23.9 Å². The molecule has 0 aliphatic carbocycles. The number of hydrogen-bond acceptors (Lipinski definition) is 7. The molecule has 0 rings (SSSR count). The number of esters is 2. The molecule has 0 N–H and O–H groups in total. The number of nitrogens with zero attached hydrogens (tertiary/aromatic N) is 3. The summed E-state index contributed by atoms with van der Waals surface area (Å²) in [5, 5.41) is 0. The minimum atomic E-state index is -0.0247. The highest BCUT2D eigenvalue weighted by atomic mass is 16.5. The van der Waals surface area contributed by atoms with Gasteiger partial charge in [-0.3, -0.25) is 14.4 Å². The van der Waals surface area contributed by atoms with Crippen molar-refractivity contribution >= 4 is 17.8 Å². The lowest BCUT2D eigenvalue weighted by Crippen LogP contribution is -2.39. The van der Waals surface area contributed by atoms with E-state index in [4.69, 9.17) is 9.47 Å². The monoisotopic (exact) mass is 934 g/mol. The number of unbranched alkanes of at least 4 members (excludes halogenated alkanes) is 18. The average molecular weight is 935 g/mol. The smallest absolute Gasteiger partial charge is 0.305 e. The Morgan fingerprint density at radius 2 is 0.742 bits per heavy atom. The summed E-state index contributed by atoms with van der Waals surface area (Å²) in [5.41, 5.74) is 0. The van der Waals surface area contributed by atoms with Crippen LogP contribution in [0.15, 0.2) is 0 Å². The molecule has 0 aliphatic rings. The Morgan fingerprint density at radius 3 is 1.17 bits per heavy atom. The highest BCUT2D eigenvalue weighted by Gasteiger charge is 2.21. The molecule has 0 bridgehead atoms. The van der Waals surface area contributed by atoms with Crippen LogP contribution in [0.25, 0.3) is 0 Å². The van der Waals surface area contributed by atoms with Crippen LogP contribution in [0.5, 0.6) is 0 Å². The highest BCUT2D eigenvalue weighted by Crippen LogP contribution is 2.23. The van der Waals surface area contributed by atoms with Gasteiger partial charge in [0.05, 0.1) is 13.2 Å². The SMILES string of the molecule is CCCCCCC(CCCC)COC(=O)CCCCCC(CCCCCC(=O)OCC(CCCC)CCCCCC)N(CCCC(=O)N(CCCCCC)CCCCCC)CCCN(C)C. The van der Waals surface area contributed by atoms with Gasteiger partial charge in [-0.15, -0.1) is 0 Å². The van der Waals surface area contributed by atoms with Gasteiger partial charge in [-0.2, -0.15) is 0 Å². The largest absolute Gasteiger partial charge is 0.465 e. The maximum atomic E-state index is 13.7. The second-order valence-electron chi connectivity index (χ2n) is 20.7. The molecule has 0 saturated heterocycles. The molecule has 0 fully saturated rings. The Kier molecular flexibility index (Phi) is 47.1. The predicted octanol–water partition coefficient (Wildman–Crippen LogP) is 15.9. The van der Waals surface area contributed by atoms with Gasteiger partial charge in [0, 0.05) is 38.4 Å². The second kappa shape index (κ2) is 48.4. The Balaban J connectivity index is 5.60. The van der Waals surface area contributed by atoms with E-state index in [1.165, 1.54) is 128 Å². The lowest BCUT2D eigenvalue weighted by Gasteiger charge is -2.33. The van der Waals surface area contributed by atoms with Gasteiger partial charge in [0.2, 0.25) is 5.91 Å². The molecule has 0 aliphatic heterocycles. The van der Waals surface area contributed by atoms with Gasteiger partial charge in [-0.25, -0.2) is 0 Å². The zero-order valence-corrected chi connectivity index (χ0v) is 45.7. The molecule has 8 nitrogen and oxygen atoms in total. The number of carbonyl (C=O) groups excluding carboxylic acids is 3. The molecule has 1 amide bonds. The summed E-state index contributed by atoms with van der Waals surface area (Å²) in [6.45, 7) is 19.5. The van der Waals surface area contributed by atoms with Gasteiger partial charge in [0.25, 0.3) is 0 Å². The normalized spacial score (nSPS) is 13.1. The van der Waals surface area contributed by atoms with E-state index < -0.39 is 0 Å². The summed E-state index contributed by atoms with van der Waals surface area (Å²) in [6.07, 6.45) is 41.0. The molecule has 66 heavy (non-hydrogen) atoms. The van der Waals surface area contributed by atoms with Crippen molar-refractivity contribution in [3.05, 3.63) is 0 Å². The van der Waals surface area contributed by atoms with E-state index in [0.717, 1.165) is 123 Å². The van der Waals surface area contributed by atoms with Crippen molar-refractivity contribution in [2.24, 2.45) is 11.8 Å². The second-order valence-corrected chi connectivity index (χ2v) is 20.7. The predicted molar refractivity (Wildman–Crippen MR) is 284 cm³/mol. The first kappa shape index (κ1) is 64.3. The van der Waals surface area contributed by atoms with E-state index in [-0.39, 0.29) is 11.9 Å². The molecular formula is C58H115N3O5. The Bertz CT molecular complexity index is 1010. The van der Waals surface area contributed by atoms with Crippen LogP contribution in [0.2, 0.25) is 0 Å². The Hall–Kier alpha value is -1.67. The molecule has 0 spiro atoms. The van der Waals surface area contributed by atoms with E-state index in [0.29, 0.717) is 56.3 Å². The quantitative estimate of drug-likeness (QED) is 0.0444. The van der Waals surface area contributed by atoms with E-state index in [1.807, 2.05) is 0 Å². The molecule has 8 heteroatoms. The van der Waals surface area contributed by atoms with Crippen molar-refractivity contribution in [2.75, 3.05) is 60.0 Å². The lowest BCUT2D eigenvalue weighted by molar-refractivity contribution is -0.146. The summed E-state index contributed by atoms with van der Waals surface area (Å²) in [7, 11) is 4.31. The first-order valence-electron chi connectivity index (χ1n) is 29.1. The van der Waals surface area contributed by atoms with Gasteiger partial charge in [0.1, 0.15) is 0 Å². The van der Waals surface area contributed by atoms with Gasteiger partial charge >= 0.3 is 11.9 Å². The van der Waals surface area contributed by atoms with Crippen molar-refractivity contribution in [2.45, 2.75) is 285 Å². The fraction of sp³-hybridized carbons (Fsp3) is 0.948. The maximum absolute atomic E-state index is 13.7. The third-order valence-corrected chi connectivity index (χ3v) is 14.0. The number of hydrogen-bond donors (Lipinski definition) is 0. The van der Waals surface area contributed by atoms with Gasteiger partial charge in [-0.05, 0) is 123 Å². The molecule has 392 valence electrons. The molecule has 0 saturated carbocycles. The summed E-state index contributed by atoms with van der Waals surface area (Å²) < 4.78 is 11.8. The lowest BCUT2D eigenvalue weighted by atomic mass is 9.96. The number of carbonyl (C=O) groups is 3. The average Bonchev–Trinajstić information content (AvgIpc) is 3.30. The zero-order valence-electron chi connectivity index (χ0n) is 45.7. The number of amides is 1. The van der Waals surface area contributed by atoms with Gasteiger partial charge in [0.15, 0.2) is 0 Å². The minimum Gasteiger partial charge on any atom is -0.465 e. The fourth-order valence-corrected chi connectivity index (χ4v) is 9.53. The van der Waals surface area contributed by atoms with Crippen molar-refractivity contribution in [1.29, 1.82) is 0 Å². The van der Waals surface area contributed by atoms with Crippen LogP contribution >= 0.6 is 0 Å².